The van der Waals surface area contributed by atoms with Crippen molar-refractivity contribution in [2.75, 3.05) is 20.1 Å². The molecule has 0 aliphatic heterocycles. The lowest BCUT2D eigenvalue weighted by atomic mass is 10.8. The van der Waals surface area contributed by atoms with E-state index in [-0.39, 0.29) is 11.5 Å². The molecule has 1 unspecified atom stereocenters. The fraction of sp³-hybridized carbons (Fsp3) is 0.800. The second kappa shape index (κ2) is 6.51. The Morgan fingerprint density at radius 2 is 2.18 bits per heavy atom. The van der Waals surface area contributed by atoms with Crippen LogP contribution in [0.15, 0.2) is 4.99 Å². The summed E-state index contributed by atoms with van der Waals surface area (Å²) in [6.07, 6.45) is 1.43. The number of nitrogens with zero attached hydrogens (tertiary/aromatic N) is 1. The summed E-state index contributed by atoms with van der Waals surface area (Å²) in [6, 6.07) is 0. The third-order valence-corrected chi connectivity index (χ3v) is 3.71. The van der Waals surface area contributed by atoms with Crippen LogP contribution in [0.5, 0.6) is 0 Å². The van der Waals surface area contributed by atoms with Crippen LogP contribution in [0, 0.1) is 0 Å². The van der Waals surface area contributed by atoms with Crippen molar-refractivity contribution in [3.8, 4) is 0 Å². The Balaban J connectivity index is 4.08. The number of hydrogen-bond donors (Lipinski definition) is 0. The van der Waals surface area contributed by atoms with E-state index < -0.39 is 9.28 Å². The molecule has 6 heteroatoms. The summed E-state index contributed by atoms with van der Waals surface area (Å²) < 4.78 is 9.93. The van der Waals surface area contributed by atoms with Gasteiger partial charge < -0.3 is 8.85 Å². The van der Waals surface area contributed by atoms with Crippen molar-refractivity contribution in [1.29, 1.82) is 0 Å². The van der Waals surface area contributed by atoms with Crippen LogP contribution in [-0.2, 0) is 13.6 Å². The maximum atomic E-state index is 9.87. The van der Waals surface area contributed by atoms with Gasteiger partial charge >= 0.3 is 9.28 Å². The number of rotatable bonds is 5. The average molecular weight is 196 g/mol. The lowest BCUT2D eigenvalue weighted by Gasteiger charge is -2.14. The first-order valence-electron chi connectivity index (χ1n) is 2.98. The molecule has 0 spiro atoms. The number of halogens is 1. The lowest BCUT2D eigenvalue weighted by Crippen LogP contribution is -2.35. The minimum absolute atomic E-state index is 0.230. The fourth-order valence-corrected chi connectivity index (χ4v) is 2.30. The molecule has 4 nitrogen and oxygen atoms in total. The van der Waals surface area contributed by atoms with Gasteiger partial charge in [-0.1, -0.05) is 0 Å². The summed E-state index contributed by atoms with van der Waals surface area (Å²) in [6.45, 7) is 0. The van der Waals surface area contributed by atoms with Gasteiger partial charge in [-0.3, -0.25) is 0 Å². The van der Waals surface area contributed by atoms with Crippen LogP contribution in [0.3, 0.4) is 0 Å². The van der Waals surface area contributed by atoms with Crippen molar-refractivity contribution in [3.63, 3.8) is 0 Å². The van der Waals surface area contributed by atoms with Crippen molar-refractivity contribution < 1.29 is 13.6 Å². The van der Waals surface area contributed by atoms with E-state index in [1.165, 1.54) is 20.3 Å². The molecular formula is C5H10ClNO3Si. The molecule has 0 aromatic heterocycles. The third-order valence-electron chi connectivity index (χ3n) is 1.16. The summed E-state index contributed by atoms with van der Waals surface area (Å²) in [5.41, 5.74) is -0.343. The van der Waals surface area contributed by atoms with Crippen LogP contribution in [0.2, 0.25) is 0 Å². The number of aliphatic imine (C=N–C) groups is 1. The van der Waals surface area contributed by atoms with Gasteiger partial charge in [0.25, 0.3) is 0 Å². The highest BCUT2D eigenvalue weighted by Gasteiger charge is 2.22. The first-order valence-corrected chi connectivity index (χ1v) is 5.13. The van der Waals surface area contributed by atoms with Gasteiger partial charge in [-0.15, -0.1) is 11.6 Å². The number of hydrogen-bond acceptors (Lipinski definition) is 4. The maximum absolute atomic E-state index is 9.87. The van der Waals surface area contributed by atoms with Gasteiger partial charge in [0, 0.05) is 20.1 Å². The normalized spacial score (nSPS) is 12.7. The van der Waals surface area contributed by atoms with Gasteiger partial charge in [-0.2, -0.15) is 4.99 Å². The van der Waals surface area contributed by atoms with Crippen LogP contribution in [-0.4, -0.2) is 41.1 Å². The smallest absolute Gasteiger partial charge is 0.348 e. The Hall–Kier alpha value is -0.193. The molecule has 0 saturated heterocycles. The standard InChI is InChI=1S/C5H10ClNO3Si/c1-9-11(10-2)5(3-6)7-4-8/h5,11H,3H2,1-2H3. The monoisotopic (exact) mass is 195 g/mol. The third kappa shape index (κ3) is 3.64. The molecule has 64 valence electrons. The molecule has 0 aromatic rings. The van der Waals surface area contributed by atoms with Crippen LogP contribution in [0.1, 0.15) is 0 Å². The number of isocyanates is 1. The SMILES string of the molecule is CO[SiH](OC)C(CCl)N=C=O. The second-order valence-electron chi connectivity index (χ2n) is 1.78. The van der Waals surface area contributed by atoms with Crippen LogP contribution >= 0.6 is 11.6 Å². The highest BCUT2D eigenvalue weighted by Crippen LogP contribution is 2.01. The summed E-state index contributed by atoms with van der Waals surface area (Å²) in [4.78, 5) is 13.3. The molecule has 0 aromatic carbocycles. The minimum atomic E-state index is -1.89. The second-order valence-corrected chi connectivity index (χ2v) is 4.54. The van der Waals surface area contributed by atoms with Crippen LogP contribution in [0.25, 0.3) is 0 Å². The van der Waals surface area contributed by atoms with Gasteiger partial charge in [0.15, 0.2) is 0 Å². The predicted octanol–water partition coefficient (Wildman–Crippen LogP) is -0.0179. The zero-order chi connectivity index (χ0) is 8.69. The predicted molar refractivity (Wildman–Crippen MR) is 43.8 cm³/mol. The van der Waals surface area contributed by atoms with E-state index in [0.717, 1.165) is 0 Å². The molecule has 0 radical (unpaired) electrons. The molecule has 0 N–H and O–H groups in total. The first-order chi connectivity index (χ1) is 5.29. The Bertz CT molecular complexity index is 147. The van der Waals surface area contributed by atoms with Crippen molar-refractivity contribution in [1.82, 2.24) is 0 Å². The van der Waals surface area contributed by atoms with Gasteiger partial charge in [0.2, 0.25) is 6.08 Å². The molecule has 0 bridgehead atoms. The molecule has 0 saturated carbocycles. The van der Waals surface area contributed by atoms with Crippen molar-refractivity contribution in [2.24, 2.45) is 4.99 Å². The number of carbonyl (C=O) groups excluding carboxylic acids is 1. The Labute approximate surface area is 72.0 Å². The zero-order valence-corrected chi connectivity index (χ0v) is 8.32. The van der Waals surface area contributed by atoms with Crippen molar-refractivity contribution in [2.45, 2.75) is 5.67 Å². The quantitative estimate of drug-likeness (QED) is 0.268. The van der Waals surface area contributed by atoms with E-state index in [2.05, 4.69) is 4.99 Å². The van der Waals surface area contributed by atoms with Gasteiger partial charge in [-0.25, -0.2) is 4.79 Å². The summed E-state index contributed by atoms with van der Waals surface area (Å²) >= 11 is 5.50. The molecule has 0 amide bonds. The molecule has 0 heterocycles. The fourth-order valence-electron chi connectivity index (χ4n) is 0.646. The minimum Gasteiger partial charge on any atom is -0.399 e. The topological polar surface area (TPSA) is 47.9 Å². The van der Waals surface area contributed by atoms with Crippen LogP contribution < -0.4 is 0 Å². The van der Waals surface area contributed by atoms with Crippen molar-refractivity contribution in [3.05, 3.63) is 0 Å². The maximum Gasteiger partial charge on any atom is 0.348 e. The average Bonchev–Trinajstić information content (AvgIpc) is 2.05. The van der Waals surface area contributed by atoms with Gasteiger partial charge in [-0.05, 0) is 0 Å². The van der Waals surface area contributed by atoms with E-state index >= 15 is 0 Å². The molecule has 0 rings (SSSR count). The highest BCUT2D eigenvalue weighted by molar-refractivity contribution is 6.48. The van der Waals surface area contributed by atoms with E-state index in [4.69, 9.17) is 20.5 Å². The Kier molecular flexibility index (Phi) is 6.40. The van der Waals surface area contributed by atoms with Gasteiger partial charge in [0.05, 0.1) is 0 Å². The molecule has 0 fully saturated rings. The first kappa shape index (κ1) is 10.8. The molecular weight excluding hydrogens is 186 g/mol. The number of alkyl halides is 1. The molecule has 0 aliphatic rings. The van der Waals surface area contributed by atoms with E-state index in [9.17, 15) is 4.79 Å². The molecule has 1 atom stereocenters. The summed E-state index contributed by atoms with van der Waals surface area (Å²) in [5, 5.41) is 0. The zero-order valence-electron chi connectivity index (χ0n) is 6.41. The molecule has 11 heavy (non-hydrogen) atoms. The van der Waals surface area contributed by atoms with E-state index in [1.54, 1.807) is 0 Å². The largest absolute Gasteiger partial charge is 0.399 e. The van der Waals surface area contributed by atoms with Crippen LogP contribution in [0.4, 0.5) is 0 Å². The summed E-state index contributed by atoms with van der Waals surface area (Å²) in [5.74, 6) is 0.230. The van der Waals surface area contributed by atoms with Crippen molar-refractivity contribution >= 4 is 27.0 Å². The van der Waals surface area contributed by atoms with Gasteiger partial charge in [0.1, 0.15) is 5.67 Å². The lowest BCUT2D eigenvalue weighted by molar-refractivity contribution is 0.269. The Morgan fingerprint density at radius 3 is 2.45 bits per heavy atom. The summed E-state index contributed by atoms with van der Waals surface area (Å²) in [7, 11) is 1.14. The molecule has 0 aliphatic carbocycles. The Morgan fingerprint density at radius 1 is 1.64 bits per heavy atom. The van der Waals surface area contributed by atoms with E-state index in [1.807, 2.05) is 0 Å². The van der Waals surface area contributed by atoms with E-state index in [0.29, 0.717) is 0 Å². The highest BCUT2D eigenvalue weighted by atomic mass is 35.5.